The van der Waals surface area contributed by atoms with Gasteiger partial charge in [-0.2, -0.15) is 11.3 Å². The second-order valence-electron chi connectivity index (χ2n) is 8.95. The average molecular weight is 443 g/mol. The Labute approximate surface area is 186 Å². The number of nitrogens with one attached hydrogen (secondary N) is 1. The number of likely N-dealkylation sites (tertiary alicyclic amines) is 1. The number of ether oxygens (including phenoxy) is 1. The van der Waals surface area contributed by atoms with Crippen LogP contribution in [0, 0.1) is 5.92 Å². The molecule has 0 unspecified atom stereocenters. The molecule has 0 spiro atoms. The van der Waals surface area contributed by atoms with Gasteiger partial charge in [-0.1, -0.05) is 0 Å². The molecule has 0 bridgehead atoms. The summed E-state index contributed by atoms with van der Waals surface area (Å²) in [5.74, 6) is 1.33. The average Bonchev–Trinajstić information content (AvgIpc) is 3.32. The number of thiophene rings is 1. The van der Waals surface area contributed by atoms with Crippen LogP contribution in [0.2, 0.25) is 0 Å². The van der Waals surface area contributed by atoms with Crippen molar-refractivity contribution in [3.8, 4) is 0 Å². The van der Waals surface area contributed by atoms with E-state index >= 15 is 0 Å². The Kier molecular flexibility index (Phi) is 6.20. The van der Waals surface area contributed by atoms with E-state index in [-0.39, 0.29) is 17.4 Å². The van der Waals surface area contributed by atoms with E-state index in [4.69, 9.17) is 9.72 Å². The van der Waals surface area contributed by atoms with E-state index in [0.29, 0.717) is 44.2 Å². The Bertz CT molecular complexity index is 960. The number of aromatic amines is 1. The molecule has 2 saturated heterocycles. The minimum absolute atomic E-state index is 0.0286. The summed E-state index contributed by atoms with van der Waals surface area (Å²) in [7, 11) is 0. The second kappa shape index (κ2) is 9.22. The summed E-state index contributed by atoms with van der Waals surface area (Å²) < 4.78 is 5.38. The molecule has 5 rings (SSSR count). The first kappa shape index (κ1) is 20.8. The van der Waals surface area contributed by atoms with E-state index in [2.05, 4.69) is 26.7 Å². The molecule has 2 fully saturated rings. The molecule has 3 aliphatic rings. The summed E-state index contributed by atoms with van der Waals surface area (Å²) in [6.45, 7) is 5.38. The van der Waals surface area contributed by atoms with Gasteiger partial charge in [-0.15, -0.1) is 0 Å². The van der Waals surface area contributed by atoms with Gasteiger partial charge in [0, 0.05) is 44.6 Å². The Hall–Kier alpha value is -2.03. The predicted molar refractivity (Wildman–Crippen MR) is 119 cm³/mol. The maximum Gasteiger partial charge on any atom is 0.256 e. The van der Waals surface area contributed by atoms with Gasteiger partial charge in [0.15, 0.2) is 0 Å². The number of rotatable bonds is 4. The fourth-order valence-electron chi connectivity index (χ4n) is 5.03. The molecule has 3 aliphatic heterocycles. The maximum absolute atomic E-state index is 12.9. The van der Waals surface area contributed by atoms with Crippen molar-refractivity contribution in [3.05, 3.63) is 49.8 Å². The van der Waals surface area contributed by atoms with Gasteiger partial charge in [-0.3, -0.25) is 14.5 Å². The molecule has 2 aromatic rings. The highest BCUT2D eigenvalue weighted by Crippen LogP contribution is 2.28. The third kappa shape index (κ3) is 4.61. The molecule has 8 heteroatoms. The lowest BCUT2D eigenvalue weighted by Gasteiger charge is -2.33. The van der Waals surface area contributed by atoms with Crippen molar-refractivity contribution in [1.82, 2.24) is 19.8 Å². The molecular formula is C23H30N4O3S. The van der Waals surface area contributed by atoms with Crippen LogP contribution in [-0.2, 0) is 29.0 Å². The van der Waals surface area contributed by atoms with E-state index in [1.807, 2.05) is 4.90 Å². The highest BCUT2D eigenvalue weighted by atomic mass is 32.1. The van der Waals surface area contributed by atoms with E-state index < -0.39 is 0 Å². The van der Waals surface area contributed by atoms with E-state index in [1.54, 1.807) is 11.3 Å². The number of fused-ring (bicyclic) bond motifs is 1. The molecule has 1 N–H and O–H groups in total. The molecule has 166 valence electrons. The van der Waals surface area contributed by atoms with Crippen molar-refractivity contribution in [3.63, 3.8) is 0 Å². The SMILES string of the molecule is O=C(C1CCOCC1)N1CCc2nc(C3CCN(Cc4ccsc4)CC3)[nH]c(=O)c2C1. The first-order valence-electron chi connectivity index (χ1n) is 11.4. The topological polar surface area (TPSA) is 78.5 Å². The summed E-state index contributed by atoms with van der Waals surface area (Å²) in [6, 6.07) is 2.19. The lowest BCUT2D eigenvalue weighted by atomic mass is 9.94. The van der Waals surface area contributed by atoms with Crippen molar-refractivity contribution in [2.75, 3.05) is 32.8 Å². The fourth-order valence-corrected chi connectivity index (χ4v) is 5.69. The lowest BCUT2D eigenvalue weighted by molar-refractivity contribution is -0.139. The standard InChI is InChI=1S/C23H30N4O3S/c28-22-19-14-27(23(29)18-4-10-30-11-5-18)9-3-20(19)24-21(25-22)17-1-7-26(8-2-17)13-16-6-12-31-15-16/h6,12,15,17-18H,1-5,7-11,13-14H2,(H,24,25,28). The molecule has 0 radical (unpaired) electrons. The molecule has 0 aromatic carbocycles. The molecule has 1 amide bonds. The first-order valence-corrected chi connectivity index (χ1v) is 12.3. The van der Waals surface area contributed by atoms with Gasteiger partial charge in [0.1, 0.15) is 5.82 Å². The number of piperidine rings is 1. The van der Waals surface area contributed by atoms with Crippen molar-refractivity contribution < 1.29 is 9.53 Å². The fraction of sp³-hybridized carbons (Fsp3) is 0.609. The van der Waals surface area contributed by atoms with Crippen LogP contribution in [0.3, 0.4) is 0 Å². The Balaban J connectivity index is 1.23. The summed E-state index contributed by atoms with van der Waals surface area (Å²) in [4.78, 5) is 38.0. The van der Waals surface area contributed by atoms with Gasteiger partial charge < -0.3 is 14.6 Å². The highest BCUT2D eigenvalue weighted by molar-refractivity contribution is 7.07. The predicted octanol–water partition coefficient (Wildman–Crippen LogP) is 2.52. The zero-order chi connectivity index (χ0) is 21.2. The minimum atomic E-state index is -0.0646. The second-order valence-corrected chi connectivity index (χ2v) is 9.73. The van der Waals surface area contributed by atoms with Crippen LogP contribution in [-0.4, -0.2) is 58.5 Å². The molecule has 2 aromatic heterocycles. The number of aromatic nitrogens is 2. The lowest BCUT2D eigenvalue weighted by Crippen LogP contribution is -2.44. The van der Waals surface area contributed by atoms with Gasteiger partial charge in [0.2, 0.25) is 5.91 Å². The van der Waals surface area contributed by atoms with Crippen molar-refractivity contribution in [1.29, 1.82) is 0 Å². The molecule has 0 atom stereocenters. The van der Waals surface area contributed by atoms with Crippen molar-refractivity contribution in [2.45, 2.75) is 51.1 Å². The molecule has 0 aliphatic carbocycles. The van der Waals surface area contributed by atoms with Crippen LogP contribution in [0.4, 0.5) is 0 Å². The molecule has 0 saturated carbocycles. The van der Waals surface area contributed by atoms with Gasteiger partial charge in [-0.25, -0.2) is 4.98 Å². The molecule has 31 heavy (non-hydrogen) atoms. The van der Waals surface area contributed by atoms with Crippen LogP contribution in [0.5, 0.6) is 0 Å². The first-order chi connectivity index (χ1) is 15.2. The minimum Gasteiger partial charge on any atom is -0.381 e. The Morgan fingerprint density at radius 3 is 2.74 bits per heavy atom. The van der Waals surface area contributed by atoms with Gasteiger partial charge in [-0.05, 0) is 61.2 Å². The summed E-state index contributed by atoms with van der Waals surface area (Å²) in [5.41, 5.74) is 2.87. The monoisotopic (exact) mass is 442 g/mol. The number of hydrogen-bond acceptors (Lipinski definition) is 6. The Morgan fingerprint density at radius 1 is 1.19 bits per heavy atom. The van der Waals surface area contributed by atoms with E-state index in [1.165, 1.54) is 5.56 Å². The van der Waals surface area contributed by atoms with E-state index in [9.17, 15) is 9.59 Å². The largest absolute Gasteiger partial charge is 0.381 e. The van der Waals surface area contributed by atoms with Crippen LogP contribution < -0.4 is 5.56 Å². The van der Waals surface area contributed by atoms with Crippen molar-refractivity contribution >= 4 is 17.2 Å². The van der Waals surface area contributed by atoms with E-state index in [0.717, 1.165) is 56.8 Å². The summed E-state index contributed by atoms with van der Waals surface area (Å²) >= 11 is 1.74. The number of H-pyrrole nitrogens is 1. The number of carbonyl (C=O) groups is 1. The van der Waals surface area contributed by atoms with Crippen LogP contribution in [0.15, 0.2) is 21.6 Å². The van der Waals surface area contributed by atoms with Crippen molar-refractivity contribution in [2.24, 2.45) is 5.92 Å². The molecule has 5 heterocycles. The summed E-state index contributed by atoms with van der Waals surface area (Å²) in [6.07, 6.45) is 4.25. The quantitative estimate of drug-likeness (QED) is 0.787. The number of amides is 1. The molecular weight excluding hydrogens is 412 g/mol. The van der Waals surface area contributed by atoms with Gasteiger partial charge in [0.25, 0.3) is 5.56 Å². The third-order valence-corrected chi connectivity index (χ3v) is 7.66. The zero-order valence-corrected chi connectivity index (χ0v) is 18.7. The molecule has 7 nitrogen and oxygen atoms in total. The highest BCUT2D eigenvalue weighted by Gasteiger charge is 2.31. The van der Waals surface area contributed by atoms with Crippen LogP contribution >= 0.6 is 11.3 Å². The number of nitrogens with zero attached hydrogens (tertiary/aromatic N) is 3. The normalized spacial score (nSPS) is 21.2. The van der Waals surface area contributed by atoms with Gasteiger partial charge >= 0.3 is 0 Å². The zero-order valence-electron chi connectivity index (χ0n) is 17.8. The smallest absolute Gasteiger partial charge is 0.256 e. The third-order valence-electron chi connectivity index (χ3n) is 6.93. The number of carbonyl (C=O) groups excluding carboxylic acids is 1. The maximum atomic E-state index is 12.9. The van der Waals surface area contributed by atoms with Crippen LogP contribution in [0.25, 0.3) is 0 Å². The Morgan fingerprint density at radius 2 is 2.00 bits per heavy atom. The summed E-state index contributed by atoms with van der Waals surface area (Å²) in [5, 5.41) is 4.34. The van der Waals surface area contributed by atoms with Gasteiger partial charge in [0.05, 0.1) is 17.8 Å². The number of hydrogen-bond donors (Lipinski definition) is 1. The van der Waals surface area contributed by atoms with Crippen LogP contribution in [0.1, 0.15) is 54.2 Å².